The van der Waals surface area contributed by atoms with Gasteiger partial charge in [0.25, 0.3) is 11.6 Å². The summed E-state index contributed by atoms with van der Waals surface area (Å²) in [7, 11) is 0. The molecule has 0 bridgehead atoms. The second-order valence-corrected chi connectivity index (χ2v) is 6.74. The number of nitrogens with zero attached hydrogens (tertiary/aromatic N) is 2. The van der Waals surface area contributed by atoms with Gasteiger partial charge in [-0.05, 0) is 42.7 Å². The molecule has 25 heavy (non-hydrogen) atoms. The molecule has 1 amide bonds. The first-order valence-corrected chi connectivity index (χ1v) is 8.71. The predicted molar refractivity (Wildman–Crippen MR) is 97.0 cm³/mol. The molecule has 0 saturated carbocycles. The molecular formula is C19H19ClN2O3. The zero-order valence-electron chi connectivity index (χ0n) is 13.7. The van der Waals surface area contributed by atoms with Crippen LogP contribution in [0.3, 0.4) is 0 Å². The van der Waals surface area contributed by atoms with E-state index in [4.69, 9.17) is 11.6 Å². The van der Waals surface area contributed by atoms with Gasteiger partial charge < -0.3 is 4.90 Å². The Balaban J connectivity index is 1.76. The third-order valence-electron chi connectivity index (χ3n) is 4.63. The van der Waals surface area contributed by atoms with Crippen LogP contribution in [0, 0.1) is 10.1 Å². The van der Waals surface area contributed by atoms with E-state index in [0.717, 1.165) is 19.3 Å². The third kappa shape index (κ3) is 4.17. The zero-order valence-corrected chi connectivity index (χ0v) is 14.5. The van der Waals surface area contributed by atoms with Crippen molar-refractivity contribution in [2.24, 2.45) is 0 Å². The normalized spacial score (nSPS) is 17.8. The number of amides is 1. The highest BCUT2D eigenvalue weighted by atomic mass is 35.5. The van der Waals surface area contributed by atoms with Crippen molar-refractivity contribution in [2.45, 2.75) is 25.2 Å². The van der Waals surface area contributed by atoms with Crippen molar-refractivity contribution in [1.29, 1.82) is 0 Å². The van der Waals surface area contributed by atoms with Gasteiger partial charge in [-0.25, -0.2) is 0 Å². The summed E-state index contributed by atoms with van der Waals surface area (Å²) in [5, 5.41) is 11.5. The number of halogens is 1. The smallest absolute Gasteiger partial charge is 0.269 e. The van der Waals surface area contributed by atoms with Crippen LogP contribution in [0.4, 0.5) is 5.69 Å². The maximum atomic E-state index is 12.8. The van der Waals surface area contributed by atoms with Gasteiger partial charge in [-0.3, -0.25) is 14.9 Å². The summed E-state index contributed by atoms with van der Waals surface area (Å²) in [4.78, 5) is 24.9. The average Bonchev–Trinajstić information content (AvgIpc) is 2.88. The third-order valence-corrected chi connectivity index (χ3v) is 4.88. The molecule has 2 aromatic rings. The first-order valence-electron chi connectivity index (χ1n) is 8.34. The van der Waals surface area contributed by atoms with Crippen LogP contribution in [0.2, 0.25) is 5.02 Å². The van der Waals surface area contributed by atoms with Crippen LogP contribution in [-0.4, -0.2) is 28.8 Å². The lowest BCUT2D eigenvalue weighted by molar-refractivity contribution is -0.384. The highest BCUT2D eigenvalue weighted by Crippen LogP contribution is 2.28. The summed E-state index contributed by atoms with van der Waals surface area (Å²) >= 11 is 5.96. The molecule has 2 aromatic carbocycles. The maximum Gasteiger partial charge on any atom is 0.269 e. The molecule has 1 aliphatic heterocycles. The Morgan fingerprint density at radius 1 is 1.08 bits per heavy atom. The molecule has 1 heterocycles. The van der Waals surface area contributed by atoms with Crippen molar-refractivity contribution in [2.75, 3.05) is 13.1 Å². The Kier molecular flexibility index (Phi) is 5.34. The predicted octanol–water partition coefficient (Wildman–Crippen LogP) is 4.66. The van der Waals surface area contributed by atoms with Gasteiger partial charge in [0.2, 0.25) is 0 Å². The van der Waals surface area contributed by atoms with Crippen LogP contribution in [0.5, 0.6) is 0 Å². The van der Waals surface area contributed by atoms with Crippen LogP contribution in [0.25, 0.3) is 0 Å². The highest BCUT2D eigenvalue weighted by Gasteiger charge is 2.24. The fraction of sp³-hybridized carbons (Fsp3) is 0.316. The van der Waals surface area contributed by atoms with Crippen LogP contribution in [-0.2, 0) is 0 Å². The second-order valence-electron chi connectivity index (χ2n) is 6.30. The molecule has 6 heteroatoms. The minimum absolute atomic E-state index is 0.00791. The molecule has 0 aliphatic carbocycles. The van der Waals surface area contributed by atoms with Gasteiger partial charge in [0.15, 0.2) is 0 Å². The Labute approximate surface area is 151 Å². The number of likely N-dealkylation sites (tertiary alicyclic amines) is 1. The van der Waals surface area contributed by atoms with E-state index >= 15 is 0 Å². The molecule has 0 spiro atoms. The lowest BCUT2D eigenvalue weighted by Gasteiger charge is -2.25. The maximum absolute atomic E-state index is 12.8. The lowest BCUT2D eigenvalue weighted by Crippen LogP contribution is -2.34. The largest absolute Gasteiger partial charge is 0.338 e. The summed E-state index contributed by atoms with van der Waals surface area (Å²) in [5.41, 5.74) is 1.67. The molecule has 3 rings (SSSR count). The van der Waals surface area contributed by atoms with Crippen LogP contribution < -0.4 is 0 Å². The molecule has 1 atom stereocenters. The lowest BCUT2D eigenvalue weighted by atomic mass is 9.94. The first kappa shape index (κ1) is 17.4. The Bertz CT molecular complexity index is 759. The molecule has 1 aliphatic rings. The number of nitro benzene ring substituents is 1. The van der Waals surface area contributed by atoms with E-state index in [1.54, 1.807) is 0 Å². The van der Waals surface area contributed by atoms with Crippen molar-refractivity contribution in [1.82, 2.24) is 4.90 Å². The number of nitro groups is 1. The number of hydrogen-bond acceptors (Lipinski definition) is 3. The van der Waals surface area contributed by atoms with E-state index in [9.17, 15) is 14.9 Å². The molecule has 1 fully saturated rings. The van der Waals surface area contributed by atoms with Gasteiger partial charge in [-0.2, -0.15) is 0 Å². The van der Waals surface area contributed by atoms with Crippen LogP contribution >= 0.6 is 11.6 Å². The SMILES string of the molecule is O=C(c1ccc([N+](=O)[O-])cc1)N1CCCCC(c2ccc(Cl)cc2)C1. The fourth-order valence-corrected chi connectivity index (χ4v) is 3.37. The molecular weight excluding hydrogens is 340 g/mol. The van der Waals surface area contributed by atoms with E-state index < -0.39 is 4.92 Å². The topological polar surface area (TPSA) is 63.4 Å². The van der Waals surface area contributed by atoms with Gasteiger partial charge in [0.1, 0.15) is 0 Å². The molecule has 5 nitrogen and oxygen atoms in total. The quantitative estimate of drug-likeness (QED) is 0.592. The van der Waals surface area contributed by atoms with Crippen molar-refractivity contribution >= 4 is 23.2 Å². The highest BCUT2D eigenvalue weighted by molar-refractivity contribution is 6.30. The van der Waals surface area contributed by atoms with E-state index in [0.29, 0.717) is 23.7 Å². The Morgan fingerprint density at radius 2 is 1.76 bits per heavy atom. The van der Waals surface area contributed by atoms with Gasteiger partial charge >= 0.3 is 0 Å². The number of non-ortho nitro benzene ring substituents is 1. The zero-order chi connectivity index (χ0) is 17.8. The summed E-state index contributed by atoms with van der Waals surface area (Å²) in [6.45, 7) is 1.36. The number of carbonyl (C=O) groups excluding carboxylic acids is 1. The molecule has 130 valence electrons. The minimum Gasteiger partial charge on any atom is -0.338 e. The molecule has 1 unspecified atom stereocenters. The van der Waals surface area contributed by atoms with Crippen molar-refractivity contribution < 1.29 is 9.72 Å². The number of hydrogen-bond donors (Lipinski definition) is 0. The van der Waals surface area contributed by atoms with Gasteiger partial charge in [-0.1, -0.05) is 30.2 Å². The Hall–Kier alpha value is -2.40. The van der Waals surface area contributed by atoms with E-state index in [1.165, 1.54) is 29.8 Å². The number of rotatable bonds is 3. The summed E-state index contributed by atoms with van der Waals surface area (Å²) in [6, 6.07) is 13.6. The van der Waals surface area contributed by atoms with E-state index in [2.05, 4.69) is 0 Å². The molecule has 0 aromatic heterocycles. The summed E-state index contributed by atoms with van der Waals surface area (Å²) in [5.74, 6) is 0.206. The van der Waals surface area contributed by atoms with Crippen molar-refractivity contribution in [3.8, 4) is 0 Å². The van der Waals surface area contributed by atoms with Gasteiger partial charge in [-0.15, -0.1) is 0 Å². The Morgan fingerprint density at radius 3 is 2.40 bits per heavy atom. The van der Waals surface area contributed by atoms with Crippen LogP contribution in [0.15, 0.2) is 48.5 Å². The van der Waals surface area contributed by atoms with Gasteiger partial charge in [0, 0.05) is 41.7 Å². The monoisotopic (exact) mass is 358 g/mol. The fourth-order valence-electron chi connectivity index (χ4n) is 3.24. The number of carbonyl (C=O) groups is 1. The van der Waals surface area contributed by atoms with Crippen molar-refractivity contribution in [3.63, 3.8) is 0 Å². The molecule has 0 N–H and O–H groups in total. The van der Waals surface area contributed by atoms with Crippen molar-refractivity contribution in [3.05, 3.63) is 74.8 Å². The van der Waals surface area contributed by atoms with E-state index in [1.807, 2.05) is 29.2 Å². The average molecular weight is 359 g/mol. The van der Waals surface area contributed by atoms with Gasteiger partial charge in [0.05, 0.1) is 4.92 Å². The summed E-state index contributed by atoms with van der Waals surface area (Å²) < 4.78 is 0. The molecule has 1 saturated heterocycles. The first-order chi connectivity index (χ1) is 12.0. The number of benzene rings is 2. The van der Waals surface area contributed by atoms with Crippen LogP contribution in [0.1, 0.15) is 41.1 Å². The standard InChI is InChI=1S/C19H19ClN2O3/c20-17-8-4-14(5-9-17)16-3-1-2-12-21(13-16)19(23)15-6-10-18(11-7-15)22(24)25/h4-11,16H,1-3,12-13H2. The van der Waals surface area contributed by atoms with E-state index in [-0.39, 0.29) is 17.5 Å². The summed E-state index contributed by atoms with van der Waals surface area (Å²) in [6.07, 6.45) is 3.06. The minimum atomic E-state index is -0.462. The molecule has 0 radical (unpaired) electrons. The second kappa shape index (κ2) is 7.66.